The smallest absolute Gasteiger partial charge is 0.161 e. The number of ketones is 1. The number of para-hydroxylation sites is 1. The van der Waals surface area contributed by atoms with Crippen LogP contribution in [0.3, 0.4) is 0 Å². The van der Waals surface area contributed by atoms with Crippen molar-refractivity contribution in [1.29, 1.82) is 0 Å². The summed E-state index contributed by atoms with van der Waals surface area (Å²) in [5.74, 6) is -0.180. The molecular weight excluding hydrogens is 265 g/mol. The van der Waals surface area contributed by atoms with Crippen LogP contribution in [0.4, 0.5) is 4.39 Å². The van der Waals surface area contributed by atoms with Gasteiger partial charge in [0.2, 0.25) is 0 Å². The summed E-state index contributed by atoms with van der Waals surface area (Å²) in [5.41, 5.74) is 3.93. The molecule has 0 amide bonds. The molecule has 0 spiro atoms. The van der Waals surface area contributed by atoms with Crippen LogP contribution < -0.4 is 0 Å². The molecule has 0 N–H and O–H groups in total. The van der Waals surface area contributed by atoms with Crippen molar-refractivity contribution < 1.29 is 9.18 Å². The lowest BCUT2D eigenvalue weighted by molar-refractivity contribution is 0.101. The molecule has 0 radical (unpaired) electrons. The van der Waals surface area contributed by atoms with Crippen LogP contribution >= 0.6 is 0 Å². The van der Waals surface area contributed by atoms with Crippen molar-refractivity contribution >= 4 is 16.7 Å². The minimum absolute atomic E-state index is 0.0588. The number of fused-ring (bicyclic) bond motifs is 1. The molecule has 1 aromatic heterocycles. The quantitative estimate of drug-likeness (QED) is 0.655. The number of carbonyl (C=O) groups excluding carboxylic acids is 1. The first-order chi connectivity index (χ1) is 10.1. The molecule has 0 aliphatic rings. The summed E-state index contributed by atoms with van der Waals surface area (Å²) in [6.45, 7) is 4.24. The fraction of sp³-hybridized carbons (Fsp3) is 0.167. The van der Waals surface area contributed by atoms with Crippen molar-refractivity contribution in [1.82, 2.24) is 4.57 Å². The van der Waals surface area contributed by atoms with E-state index in [9.17, 15) is 9.18 Å². The zero-order chi connectivity index (χ0) is 15.0. The third-order valence-corrected chi connectivity index (χ3v) is 3.75. The van der Waals surface area contributed by atoms with Gasteiger partial charge in [-0.05, 0) is 37.1 Å². The Bertz CT molecular complexity index is 815. The molecular formula is C18H16FNO. The van der Waals surface area contributed by atoms with Crippen molar-refractivity contribution in [3.8, 4) is 0 Å². The summed E-state index contributed by atoms with van der Waals surface area (Å²) in [5, 5.41) is 0.976. The molecule has 106 valence electrons. The van der Waals surface area contributed by atoms with Crippen LogP contribution in [0.15, 0.2) is 48.7 Å². The molecule has 3 heteroatoms. The minimum atomic E-state index is -0.239. The molecule has 2 aromatic carbocycles. The Balaban J connectivity index is 2.13. The zero-order valence-electron chi connectivity index (χ0n) is 12.1. The van der Waals surface area contributed by atoms with E-state index in [1.54, 1.807) is 19.1 Å². The van der Waals surface area contributed by atoms with Gasteiger partial charge >= 0.3 is 0 Å². The lowest BCUT2D eigenvalue weighted by Gasteiger charge is -2.07. The van der Waals surface area contributed by atoms with Gasteiger partial charge in [-0.2, -0.15) is 0 Å². The second-order valence-electron chi connectivity index (χ2n) is 5.32. The van der Waals surface area contributed by atoms with Gasteiger partial charge in [0.25, 0.3) is 0 Å². The third-order valence-electron chi connectivity index (χ3n) is 3.75. The maximum absolute atomic E-state index is 13.0. The van der Waals surface area contributed by atoms with Crippen molar-refractivity contribution in [3.63, 3.8) is 0 Å². The Labute approximate surface area is 122 Å². The monoisotopic (exact) mass is 281 g/mol. The number of hydrogen-bond donors (Lipinski definition) is 0. The Kier molecular flexibility index (Phi) is 3.34. The van der Waals surface area contributed by atoms with E-state index in [4.69, 9.17) is 0 Å². The highest BCUT2D eigenvalue weighted by Crippen LogP contribution is 2.25. The first kappa shape index (κ1) is 13.6. The van der Waals surface area contributed by atoms with E-state index in [2.05, 4.69) is 4.57 Å². The van der Waals surface area contributed by atoms with Crippen LogP contribution in [0, 0.1) is 12.7 Å². The molecule has 1 heterocycles. The highest BCUT2D eigenvalue weighted by atomic mass is 19.1. The van der Waals surface area contributed by atoms with Gasteiger partial charge in [0.1, 0.15) is 5.82 Å². The molecule has 0 saturated heterocycles. The highest BCUT2D eigenvalue weighted by molar-refractivity contribution is 6.07. The van der Waals surface area contributed by atoms with Gasteiger partial charge in [0.05, 0.1) is 5.52 Å². The van der Waals surface area contributed by atoms with Gasteiger partial charge in [-0.15, -0.1) is 0 Å². The van der Waals surface area contributed by atoms with Crippen LogP contribution in [0.25, 0.3) is 10.9 Å². The van der Waals surface area contributed by atoms with Gasteiger partial charge in [-0.1, -0.05) is 30.3 Å². The average molecular weight is 281 g/mol. The second kappa shape index (κ2) is 5.17. The predicted octanol–water partition coefficient (Wildman–Crippen LogP) is 4.34. The SMILES string of the molecule is CC(=O)c1cn(Cc2ccc(F)cc2)c2c(C)cccc12. The van der Waals surface area contributed by atoms with Gasteiger partial charge < -0.3 is 4.57 Å². The number of aromatic nitrogens is 1. The Morgan fingerprint density at radius 3 is 2.52 bits per heavy atom. The van der Waals surface area contributed by atoms with Gasteiger partial charge in [0.15, 0.2) is 5.78 Å². The number of hydrogen-bond acceptors (Lipinski definition) is 1. The van der Waals surface area contributed by atoms with Crippen molar-refractivity contribution in [2.24, 2.45) is 0 Å². The summed E-state index contributed by atoms with van der Waals surface area (Å²) < 4.78 is 15.1. The fourth-order valence-corrected chi connectivity index (χ4v) is 2.74. The first-order valence-corrected chi connectivity index (χ1v) is 6.90. The fourth-order valence-electron chi connectivity index (χ4n) is 2.74. The van der Waals surface area contributed by atoms with Crippen LogP contribution in [-0.2, 0) is 6.54 Å². The van der Waals surface area contributed by atoms with E-state index in [1.807, 2.05) is 31.3 Å². The number of rotatable bonds is 3. The number of carbonyl (C=O) groups is 1. The highest BCUT2D eigenvalue weighted by Gasteiger charge is 2.13. The number of aryl methyl sites for hydroxylation is 1. The van der Waals surface area contributed by atoms with E-state index in [-0.39, 0.29) is 11.6 Å². The lowest BCUT2D eigenvalue weighted by atomic mass is 10.1. The maximum Gasteiger partial charge on any atom is 0.161 e. The third kappa shape index (κ3) is 2.47. The van der Waals surface area contributed by atoms with Gasteiger partial charge in [-0.3, -0.25) is 4.79 Å². The summed E-state index contributed by atoms with van der Waals surface area (Å²) in [6, 6.07) is 12.4. The maximum atomic E-state index is 13.0. The lowest BCUT2D eigenvalue weighted by Crippen LogP contribution is -1.99. The number of halogens is 1. The van der Waals surface area contributed by atoms with E-state index in [0.717, 1.165) is 27.6 Å². The average Bonchev–Trinajstić information content (AvgIpc) is 2.82. The summed E-state index contributed by atoms with van der Waals surface area (Å²) >= 11 is 0. The molecule has 0 saturated carbocycles. The Hall–Kier alpha value is -2.42. The van der Waals surface area contributed by atoms with Crippen LogP contribution in [0.2, 0.25) is 0 Å². The number of Topliss-reactive ketones (excluding diaryl/α,β-unsaturated/α-hetero) is 1. The molecule has 2 nitrogen and oxygen atoms in total. The van der Waals surface area contributed by atoms with E-state index in [1.165, 1.54) is 12.1 Å². The second-order valence-corrected chi connectivity index (χ2v) is 5.32. The number of nitrogens with zero attached hydrogens (tertiary/aromatic N) is 1. The van der Waals surface area contributed by atoms with E-state index >= 15 is 0 Å². The van der Waals surface area contributed by atoms with Crippen molar-refractivity contribution in [2.45, 2.75) is 20.4 Å². The molecule has 0 aliphatic carbocycles. The first-order valence-electron chi connectivity index (χ1n) is 6.90. The molecule has 0 aliphatic heterocycles. The Morgan fingerprint density at radius 1 is 1.14 bits per heavy atom. The van der Waals surface area contributed by atoms with Crippen molar-refractivity contribution in [2.75, 3.05) is 0 Å². The summed E-state index contributed by atoms with van der Waals surface area (Å²) in [7, 11) is 0. The predicted molar refractivity (Wildman–Crippen MR) is 82.2 cm³/mol. The summed E-state index contributed by atoms with van der Waals surface area (Å²) in [4.78, 5) is 11.8. The van der Waals surface area contributed by atoms with Crippen LogP contribution in [0.5, 0.6) is 0 Å². The summed E-state index contributed by atoms with van der Waals surface area (Å²) in [6.07, 6.45) is 1.89. The van der Waals surface area contributed by atoms with E-state index in [0.29, 0.717) is 6.54 Å². The Morgan fingerprint density at radius 2 is 1.86 bits per heavy atom. The molecule has 0 unspecified atom stereocenters. The molecule has 0 atom stereocenters. The molecule has 3 rings (SSSR count). The molecule has 0 fully saturated rings. The van der Waals surface area contributed by atoms with Gasteiger partial charge in [0, 0.05) is 23.7 Å². The standard InChI is InChI=1S/C18H16FNO/c1-12-4-3-5-16-17(13(2)21)11-20(18(12)16)10-14-6-8-15(19)9-7-14/h3-9,11H,10H2,1-2H3. The van der Waals surface area contributed by atoms with Crippen LogP contribution in [0.1, 0.15) is 28.4 Å². The molecule has 0 bridgehead atoms. The molecule has 21 heavy (non-hydrogen) atoms. The molecule has 3 aromatic rings. The van der Waals surface area contributed by atoms with Crippen molar-refractivity contribution in [3.05, 3.63) is 71.2 Å². The minimum Gasteiger partial charge on any atom is -0.342 e. The zero-order valence-corrected chi connectivity index (χ0v) is 12.1. The van der Waals surface area contributed by atoms with Crippen LogP contribution in [-0.4, -0.2) is 10.4 Å². The topological polar surface area (TPSA) is 22.0 Å². The number of benzene rings is 2. The normalized spacial score (nSPS) is 11.0. The largest absolute Gasteiger partial charge is 0.342 e. The van der Waals surface area contributed by atoms with E-state index < -0.39 is 0 Å². The van der Waals surface area contributed by atoms with Gasteiger partial charge in [-0.25, -0.2) is 4.39 Å².